The quantitative estimate of drug-likeness (QED) is 0.639. The van der Waals surface area contributed by atoms with Gasteiger partial charge in [-0.2, -0.15) is 13.2 Å². The van der Waals surface area contributed by atoms with Crippen LogP contribution in [0.4, 0.5) is 13.2 Å². The molecule has 0 amide bonds. The summed E-state index contributed by atoms with van der Waals surface area (Å²) in [5, 5.41) is 10.6. The highest BCUT2D eigenvalue weighted by molar-refractivity contribution is 5.73. The summed E-state index contributed by atoms with van der Waals surface area (Å²) in [5.41, 5.74) is 0.694. The number of carboxylic acid groups (broad SMARTS) is 1. The van der Waals surface area contributed by atoms with Gasteiger partial charge in [0, 0.05) is 5.54 Å². The predicted molar refractivity (Wildman–Crippen MR) is 42.9 cm³/mol. The van der Waals surface area contributed by atoms with Crippen LogP contribution in [0.3, 0.4) is 0 Å². The van der Waals surface area contributed by atoms with Gasteiger partial charge in [-0.15, -0.1) is 0 Å². The lowest BCUT2D eigenvalue weighted by molar-refractivity contribution is -0.192. The molecule has 0 unspecified atom stereocenters. The van der Waals surface area contributed by atoms with E-state index in [4.69, 9.17) is 9.90 Å². The van der Waals surface area contributed by atoms with Gasteiger partial charge in [-0.3, -0.25) is 0 Å². The van der Waals surface area contributed by atoms with Crippen LogP contribution in [0.1, 0.15) is 25.7 Å². The number of carbonyl (C=O) groups is 1. The number of rotatable bonds is 0. The number of alkyl halides is 3. The number of hydrogen-bond acceptors (Lipinski definition) is 2. The van der Waals surface area contributed by atoms with Gasteiger partial charge in [0.25, 0.3) is 0 Å². The molecule has 0 atom stereocenters. The molecule has 0 radical (unpaired) electrons. The minimum absolute atomic E-state index is 0.694. The van der Waals surface area contributed by atoms with Crippen molar-refractivity contribution in [3.63, 3.8) is 0 Å². The monoisotopic (exact) mass is 211 g/mol. The molecule has 82 valence electrons. The molecule has 0 aromatic heterocycles. The zero-order valence-corrected chi connectivity index (χ0v) is 7.52. The highest BCUT2D eigenvalue weighted by Crippen LogP contribution is 2.42. The third kappa shape index (κ3) is 3.17. The van der Waals surface area contributed by atoms with Crippen molar-refractivity contribution in [1.82, 2.24) is 5.32 Å². The van der Waals surface area contributed by atoms with Crippen molar-refractivity contribution in [2.45, 2.75) is 37.4 Å². The summed E-state index contributed by atoms with van der Waals surface area (Å²) in [6.07, 6.45) is 0.688. The first-order valence-corrected chi connectivity index (χ1v) is 4.41. The van der Waals surface area contributed by atoms with E-state index in [1.165, 1.54) is 32.2 Å². The zero-order chi connectivity index (χ0) is 10.8. The molecule has 1 saturated carbocycles. The molecule has 2 aliphatic rings. The van der Waals surface area contributed by atoms with E-state index in [9.17, 15) is 13.2 Å². The second-order valence-corrected chi connectivity index (χ2v) is 3.61. The van der Waals surface area contributed by atoms with Crippen LogP contribution in [-0.4, -0.2) is 29.3 Å². The topological polar surface area (TPSA) is 49.3 Å². The average Bonchev–Trinajstić information content (AvgIpc) is 2.58. The Kier molecular flexibility index (Phi) is 3.04. The minimum Gasteiger partial charge on any atom is -0.475 e. The van der Waals surface area contributed by atoms with Gasteiger partial charge in [0.15, 0.2) is 0 Å². The maximum absolute atomic E-state index is 10.6. The Morgan fingerprint density at radius 2 is 1.79 bits per heavy atom. The second-order valence-electron chi connectivity index (χ2n) is 3.61. The highest BCUT2D eigenvalue weighted by atomic mass is 19.4. The highest BCUT2D eigenvalue weighted by Gasteiger charge is 2.44. The summed E-state index contributed by atoms with van der Waals surface area (Å²) < 4.78 is 31.7. The summed E-state index contributed by atoms with van der Waals surface area (Å²) in [5.74, 6) is -2.76. The molecule has 0 bridgehead atoms. The van der Waals surface area contributed by atoms with E-state index >= 15 is 0 Å². The molecule has 2 fully saturated rings. The van der Waals surface area contributed by atoms with Crippen LogP contribution in [0.15, 0.2) is 0 Å². The Morgan fingerprint density at radius 1 is 1.29 bits per heavy atom. The number of carboxylic acids is 1. The number of aliphatic carboxylic acids is 1. The third-order valence-corrected chi connectivity index (χ3v) is 2.43. The van der Waals surface area contributed by atoms with Crippen molar-refractivity contribution < 1.29 is 23.1 Å². The molecule has 2 N–H and O–H groups in total. The molecule has 14 heavy (non-hydrogen) atoms. The molecular formula is C8H12F3NO2. The summed E-state index contributed by atoms with van der Waals surface area (Å²) in [6, 6.07) is 0. The van der Waals surface area contributed by atoms with Gasteiger partial charge >= 0.3 is 12.1 Å². The van der Waals surface area contributed by atoms with Crippen molar-refractivity contribution in [1.29, 1.82) is 0 Å². The first-order valence-electron chi connectivity index (χ1n) is 4.41. The van der Waals surface area contributed by atoms with Crippen molar-refractivity contribution in [2.75, 3.05) is 6.54 Å². The van der Waals surface area contributed by atoms with Crippen LogP contribution < -0.4 is 5.32 Å². The van der Waals surface area contributed by atoms with Crippen molar-refractivity contribution in [3.05, 3.63) is 0 Å². The summed E-state index contributed by atoms with van der Waals surface area (Å²) in [6.45, 7) is 1.28. The fourth-order valence-electron chi connectivity index (χ4n) is 1.45. The summed E-state index contributed by atoms with van der Waals surface area (Å²) in [7, 11) is 0. The number of halogens is 3. The summed E-state index contributed by atoms with van der Waals surface area (Å²) in [4.78, 5) is 8.90. The van der Waals surface area contributed by atoms with Gasteiger partial charge in [0.1, 0.15) is 0 Å². The van der Waals surface area contributed by atoms with Gasteiger partial charge in [0.05, 0.1) is 0 Å². The molecule has 3 nitrogen and oxygen atoms in total. The number of nitrogens with one attached hydrogen (secondary N) is 1. The van der Waals surface area contributed by atoms with Crippen LogP contribution >= 0.6 is 0 Å². The molecule has 0 aromatic rings. The molecule has 1 aliphatic carbocycles. The fourth-order valence-corrected chi connectivity index (χ4v) is 1.45. The molecule has 1 aliphatic heterocycles. The van der Waals surface area contributed by atoms with Crippen LogP contribution in [0.25, 0.3) is 0 Å². The fraction of sp³-hybridized carbons (Fsp3) is 0.875. The predicted octanol–water partition coefficient (Wildman–Crippen LogP) is 1.54. The lowest BCUT2D eigenvalue weighted by atomic mass is 10.2. The third-order valence-electron chi connectivity index (χ3n) is 2.43. The molecule has 1 saturated heterocycles. The maximum Gasteiger partial charge on any atom is 0.490 e. The minimum atomic E-state index is -5.08. The van der Waals surface area contributed by atoms with Crippen LogP contribution in [0.2, 0.25) is 0 Å². The van der Waals surface area contributed by atoms with E-state index in [0.29, 0.717) is 5.54 Å². The molecule has 0 aromatic carbocycles. The van der Waals surface area contributed by atoms with Gasteiger partial charge in [-0.05, 0) is 32.2 Å². The lowest BCUT2D eigenvalue weighted by Crippen LogP contribution is -2.22. The zero-order valence-electron chi connectivity index (χ0n) is 7.52. The van der Waals surface area contributed by atoms with E-state index in [2.05, 4.69) is 5.32 Å². The van der Waals surface area contributed by atoms with Crippen LogP contribution in [-0.2, 0) is 4.79 Å². The summed E-state index contributed by atoms with van der Waals surface area (Å²) >= 11 is 0. The Bertz CT molecular complexity index is 215. The normalized spacial score (nSPS) is 22.8. The van der Waals surface area contributed by atoms with Crippen molar-refractivity contribution >= 4 is 5.97 Å². The van der Waals surface area contributed by atoms with E-state index in [1.807, 2.05) is 0 Å². The second kappa shape index (κ2) is 3.76. The van der Waals surface area contributed by atoms with E-state index in [0.717, 1.165) is 0 Å². The Hall–Kier alpha value is -0.780. The van der Waals surface area contributed by atoms with E-state index in [1.54, 1.807) is 0 Å². The molecule has 1 spiro atoms. The SMILES string of the molecule is C1CNC2(C1)CC2.O=C(O)C(F)(F)F. The van der Waals surface area contributed by atoms with Gasteiger partial charge in [-0.25, -0.2) is 4.79 Å². The van der Waals surface area contributed by atoms with Gasteiger partial charge in [0.2, 0.25) is 0 Å². The average molecular weight is 211 g/mol. The molecule has 6 heteroatoms. The van der Waals surface area contributed by atoms with E-state index < -0.39 is 12.1 Å². The Balaban J connectivity index is 0.000000140. The first kappa shape index (κ1) is 11.3. The standard InChI is InChI=1S/C6H11N.C2HF3O2/c1-2-6(3-4-6)7-5-1;3-2(4,5)1(6)7/h7H,1-5H2;(H,6,7). The van der Waals surface area contributed by atoms with Crippen LogP contribution in [0, 0.1) is 0 Å². The van der Waals surface area contributed by atoms with Crippen molar-refractivity contribution in [3.8, 4) is 0 Å². The number of hydrogen-bond donors (Lipinski definition) is 2. The van der Waals surface area contributed by atoms with Crippen LogP contribution in [0.5, 0.6) is 0 Å². The maximum atomic E-state index is 10.6. The largest absolute Gasteiger partial charge is 0.490 e. The smallest absolute Gasteiger partial charge is 0.475 e. The van der Waals surface area contributed by atoms with Crippen molar-refractivity contribution in [2.24, 2.45) is 0 Å². The van der Waals surface area contributed by atoms with Gasteiger partial charge in [-0.1, -0.05) is 0 Å². The Morgan fingerprint density at radius 3 is 1.93 bits per heavy atom. The molecule has 1 heterocycles. The lowest BCUT2D eigenvalue weighted by Gasteiger charge is -2.01. The first-order chi connectivity index (χ1) is 6.36. The van der Waals surface area contributed by atoms with Gasteiger partial charge < -0.3 is 10.4 Å². The Labute approximate surface area is 79.3 Å². The van der Waals surface area contributed by atoms with E-state index in [-0.39, 0.29) is 0 Å². The molecular weight excluding hydrogens is 199 g/mol. The molecule has 2 rings (SSSR count).